The molecule has 4 nitrogen and oxygen atoms in total. The Morgan fingerprint density at radius 1 is 1.33 bits per heavy atom. The van der Waals surface area contributed by atoms with Gasteiger partial charge in [-0.05, 0) is 24.6 Å². The molecular weight excluding hydrogens is 298 g/mol. The first-order chi connectivity index (χ1) is 8.58. The number of carbonyl (C=O) groups is 1. The van der Waals surface area contributed by atoms with Crippen LogP contribution in [0.3, 0.4) is 0 Å². The van der Waals surface area contributed by atoms with Gasteiger partial charge in [0.1, 0.15) is 0 Å². The Hall–Kier alpha value is -1.23. The van der Waals surface area contributed by atoms with E-state index in [0.29, 0.717) is 28.4 Å². The summed E-state index contributed by atoms with van der Waals surface area (Å²) in [6, 6.07) is 5.11. The first-order valence-corrected chi connectivity index (χ1v) is 6.64. The highest BCUT2D eigenvalue weighted by Gasteiger charge is 2.10. The Kier molecular flexibility index (Phi) is 5.98. The van der Waals surface area contributed by atoms with E-state index in [1.54, 1.807) is 32.4 Å². The fourth-order valence-corrected chi connectivity index (χ4v) is 1.69. The van der Waals surface area contributed by atoms with Crippen LogP contribution in [0, 0.1) is 0 Å². The van der Waals surface area contributed by atoms with Crippen LogP contribution in [0.2, 0.25) is 0 Å². The van der Waals surface area contributed by atoms with Crippen molar-refractivity contribution >= 4 is 21.8 Å². The van der Waals surface area contributed by atoms with Gasteiger partial charge in [-0.15, -0.1) is 0 Å². The molecule has 100 valence electrons. The first-order valence-electron chi connectivity index (χ1n) is 5.72. The van der Waals surface area contributed by atoms with Gasteiger partial charge in [-0.2, -0.15) is 0 Å². The van der Waals surface area contributed by atoms with Crippen molar-refractivity contribution < 1.29 is 14.3 Å². The third-order valence-electron chi connectivity index (χ3n) is 2.47. The number of hydrogen-bond acceptors (Lipinski definition) is 3. The lowest BCUT2D eigenvalue weighted by Gasteiger charge is -2.10. The summed E-state index contributed by atoms with van der Waals surface area (Å²) in [5.41, 5.74) is 0.565. The van der Waals surface area contributed by atoms with E-state index in [2.05, 4.69) is 21.2 Å². The number of methoxy groups -OCH3 is 2. The van der Waals surface area contributed by atoms with Crippen molar-refractivity contribution in [2.45, 2.75) is 18.2 Å². The van der Waals surface area contributed by atoms with Crippen molar-refractivity contribution in [1.82, 2.24) is 5.32 Å². The monoisotopic (exact) mass is 315 g/mol. The molecule has 1 aromatic rings. The highest BCUT2D eigenvalue weighted by atomic mass is 79.9. The lowest BCUT2D eigenvalue weighted by molar-refractivity contribution is 0.0953. The predicted molar refractivity (Wildman–Crippen MR) is 74.9 cm³/mol. The lowest BCUT2D eigenvalue weighted by atomic mass is 10.2. The van der Waals surface area contributed by atoms with Crippen molar-refractivity contribution in [3.63, 3.8) is 0 Å². The standard InChI is InChI=1S/C13H18BrNO3/c1-9(14)6-7-15-13(16)10-4-5-11(17-2)12(8-10)18-3/h4-5,8-9H,6-7H2,1-3H3,(H,15,16). The molecule has 18 heavy (non-hydrogen) atoms. The van der Waals surface area contributed by atoms with Crippen LogP contribution in [0.4, 0.5) is 0 Å². The molecule has 0 aliphatic rings. The van der Waals surface area contributed by atoms with Gasteiger partial charge in [0.05, 0.1) is 14.2 Å². The summed E-state index contributed by atoms with van der Waals surface area (Å²) in [6.45, 7) is 2.68. The van der Waals surface area contributed by atoms with Crippen molar-refractivity contribution in [2.75, 3.05) is 20.8 Å². The summed E-state index contributed by atoms with van der Waals surface area (Å²) < 4.78 is 10.3. The topological polar surface area (TPSA) is 47.6 Å². The minimum Gasteiger partial charge on any atom is -0.493 e. The van der Waals surface area contributed by atoms with E-state index in [4.69, 9.17) is 9.47 Å². The molecular formula is C13H18BrNO3. The molecule has 1 N–H and O–H groups in total. The van der Waals surface area contributed by atoms with Crippen molar-refractivity contribution in [3.05, 3.63) is 23.8 Å². The second kappa shape index (κ2) is 7.26. The van der Waals surface area contributed by atoms with Crippen LogP contribution < -0.4 is 14.8 Å². The van der Waals surface area contributed by atoms with Gasteiger partial charge in [0.2, 0.25) is 0 Å². The number of halogens is 1. The Morgan fingerprint density at radius 3 is 2.56 bits per heavy atom. The van der Waals surface area contributed by atoms with E-state index in [1.165, 1.54) is 0 Å². The number of amides is 1. The van der Waals surface area contributed by atoms with Gasteiger partial charge >= 0.3 is 0 Å². The van der Waals surface area contributed by atoms with Gasteiger partial charge in [-0.25, -0.2) is 0 Å². The van der Waals surface area contributed by atoms with Crippen LogP contribution in [0.15, 0.2) is 18.2 Å². The summed E-state index contributed by atoms with van der Waals surface area (Å²) in [7, 11) is 3.11. The molecule has 0 aliphatic carbocycles. The van der Waals surface area contributed by atoms with Crippen molar-refractivity contribution in [3.8, 4) is 11.5 Å². The van der Waals surface area contributed by atoms with E-state index in [1.807, 2.05) is 6.92 Å². The van der Waals surface area contributed by atoms with Crippen LogP contribution in [-0.4, -0.2) is 31.5 Å². The molecule has 0 spiro atoms. The first kappa shape index (κ1) is 14.8. The van der Waals surface area contributed by atoms with E-state index in [-0.39, 0.29) is 5.91 Å². The molecule has 1 unspecified atom stereocenters. The minimum atomic E-state index is -0.107. The SMILES string of the molecule is COc1ccc(C(=O)NCCC(C)Br)cc1OC. The number of carbonyl (C=O) groups excluding carboxylic acids is 1. The Morgan fingerprint density at radius 2 is 2.00 bits per heavy atom. The Labute approximate surface area is 116 Å². The molecule has 0 aromatic heterocycles. The van der Waals surface area contributed by atoms with Gasteiger partial charge in [0.15, 0.2) is 11.5 Å². The quantitative estimate of drug-likeness (QED) is 0.821. The molecule has 0 saturated carbocycles. The lowest BCUT2D eigenvalue weighted by Crippen LogP contribution is -2.25. The number of rotatable bonds is 6. The second-order valence-electron chi connectivity index (χ2n) is 3.90. The fourth-order valence-electron chi connectivity index (χ4n) is 1.46. The Balaban J connectivity index is 2.68. The maximum absolute atomic E-state index is 11.9. The average molecular weight is 316 g/mol. The molecule has 5 heteroatoms. The molecule has 0 heterocycles. The normalized spacial score (nSPS) is 11.8. The molecule has 1 rings (SSSR count). The molecule has 0 saturated heterocycles. The zero-order valence-corrected chi connectivity index (χ0v) is 12.4. The summed E-state index contributed by atoms with van der Waals surface area (Å²) >= 11 is 3.43. The van der Waals surface area contributed by atoms with Gasteiger partial charge in [0.25, 0.3) is 5.91 Å². The third-order valence-corrected chi connectivity index (χ3v) is 2.93. The molecule has 1 amide bonds. The van der Waals surface area contributed by atoms with E-state index in [9.17, 15) is 4.79 Å². The van der Waals surface area contributed by atoms with Gasteiger partial charge in [-0.1, -0.05) is 22.9 Å². The predicted octanol–water partition coefficient (Wildman–Crippen LogP) is 2.61. The summed E-state index contributed by atoms with van der Waals surface area (Å²) in [6.07, 6.45) is 0.888. The minimum absolute atomic E-state index is 0.107. The largest absolute Gasteiger partial charge is 0.493 e. The smallest absolute Gasteiger partial charge is 0.251 e. The molecule has 1 atom stereocenters. The van der Waals surface area contributed by atoms with Crippen molar-refractivity contribution in [1.29, 1.82) is 0 Å². The summed E-state index contributed by atoms with van der Waals surface area (Å²) in [4.78, 5) is 12.3. The van der Waals surface area contributed by atoms with Gasteiger partial charge in [-0.3, -0.25) is 4.79 Å². The highest BCUT2D eigenvalue weighted by molar-refractivity contribution is 9.09. The van der Waals surface area contributed by atoms with E-state index in [0.717, 1.165) is 6.42 Å². The maximum atomic E-state index is 11.9. The number of ether oxygens (including phenoxy) is 2. The third kappa shape index (κ3) is 4.22. The van der Waals surface area contributed by atoms with E-state index < -0.39 is 0 Å². The van der Waals surface area contributed by atoms with Crippen LogP contribution in [0.5, 0.6) is 11.5 Å². The number of hydrogen-bond donors (Lipinski definition) is 1. The molecule has 0 radical (unpaired) electrons. The zero-order valence-electron chi connectivity index (χ0n) is 10.8. The Bertz CT molecular complexity index is 407. The van der Waals surface area contributed by atoms with Crippen LogP contribution in [0.25, 0.3) is 0 Å². The van der Waals surface area contributed by atoms with Gasteiger partial charge in [0, 0.05) is 16.9 Å². The maximum Gasteiger partial charge on any atom is 0.251 e. The van der Waals surface area contributed by atoms with Crippen LogP contribution >= 0.6 is 15.9 Å². The summed E-state index contributed by atoms with van der Waals surface area (Å²) in [5.74, 6) is 1.06. The van der Waals surface area contributed by atoms with Crippen LogP contribution in [0.1, 0.15) is 23.7 Å². The van der Waals surface area contributed by atoms with E-state index >= 15 is 0 Å². The van der Waals surface area contributed by atoms with Gasteiger partial charge < -0.3 is 14.8 Å². The van der Waals surface area contributed by atoms with Crippen molar-refractivity contribution in [2.24, 2.45) is 0 Å². The number of benzene rings is 1. The molecule has 0 bridgehead atoms. The zero-order chi connectivity index (χ0) is 13.5. The number of alkyl halides is 1. The molecule has 1 aromatic carbocycles. The second-order valence-corrected chi connectivity index (χ2v) is 5.46. The number of nitrogens with one attached hydrogen (secondary N) is 1. The molecule has 0 fully saturated rings. The molecule has 0 aliphatic heterocycles. The highest BCUT2D eigenvalue weighted by Crippen LogP contribution is 2.27. The fraction of sp³-hybridized carbons (Fsp3) is 0.462. The summed E-state index contributed by atoms with van der Waals surface area (Å²) in [5, 5.41) is 2.85. The van der Waals surface area contributed by atoms with Crippen LogP contribution in [-0.2, 0) is 0 Å². The average Bonchev–Trinajstić information content (AvgIpc) is 2.37.